The van der Waals surface area contributed by atoms with Crippen LogP contribution in [0.5, 0.6) is 23.0 Å². The van der Waals surface area contributed by atoms with Crippen LogP contribution in [0.3, 0.4) is 0 Å². The highest BCUT2D eigenvalue weighted by Crippen LogP contribution is 2.34. The molecule has 1 atom stereocenters. The molecule has 0 N–H and O–H groups in total. The highest BCUT2D eigenvalue weighted by atomic mass is 32.1. The van der Waals surface area contributed by atoms with Crippen molar-refractivity contribution in [2.75, 3.05) is 31.4 Å². The Morgan fingerprint density at radius 1 is 0.607 bits per heavy atom. The molecule has 2 aliphatic carbocycles. The van der Waals surface area contributed by atoms with E-state index in [-0.39, 0.29) is 35.3 Å². The summed E-state index contributed by atoms with van der Waals surface area (Å²) >= 11 is 1.53. The zero-order chi connectivity index (χ0) is 59.5. The summed E-state index contributed by atoms with van der Waals surface area (Å²) in [7, 11) is 0. The van der Waals surface area contributed by atoms with E-state index in [9.17, 15) is 28.8 Å². The van der Waals surface area contributed by atoms with Crippen LogP contribution in [0.25, 0.3) is 10.2 Å². The van der Waals surface area contributed by atoms with Gasteiger partial charge in [-0.25, -0.2) is 29.2 Å². The standard InChI is InChI=1S/C66H79N3O14S/c1-5-8-19-46(4)69(66-68-58-20-13-14-21-59(58)84-66)67-45-50-44-56(83-64(74)49-24-30-53(31-25-49)80-62(72)47-22-28-51(29-23-47)76-40-15-9-11-17-42-78-60(70)6-2)38-39-57(50)65(75)82-54-32-26-48(27-33-54)63(73)81-55-36-34-52(35-37-55)77-41-16-10-12-18-43-79-61(71)7-3/h6-7,13-14,20-23,28-29,34-39,44-46,48-49,53-54H,2-3,5,8-12,15-19,24-27,30-33,40-43H2,1,4H3/b67-45+/t46?,48-,49-,53-,54-. The van der Waals surface area contributed by atoms with E-state index in [1.54, 1.807) is 72.9 Å². The van der Waals surface area contributed by atoms with Gasteiger partial charge in [0, 0.05) is 17.7 Å². The maximum Gasteiger partial charge on any atom is 0.339 e. The number of benzene rings is 4. The molecule has 2 fully saturated rings. The summed E-state index contributed by atoms with van der Waals surface area (Å²) in [5, 5.41) is 7.57. The monoisotopic (exact) mass is 1170 g/mol. The predicted molar refractivity (Wildman–Crippen MR) is 322 cm³/mol. The summed E-state index contributed by atoms with van der Waals surface area (Å²) in [5.74, 6) is -1.43. The molecule has 1 unspecified atom stereocenters. The second-order valence-electron chi connectivity index (χ2n) is 21.2. The average molecular weight is 1170 g/mol. The molecule has 5 aromatic rings. The van der Waals surface area contributed by atoms with Crippen molar-refractivity contribution in [1.82, 2.24) is 4.98 Å². The minimum Gasteiger partial charge on any atom is -0.494 e. The Balaban J connectivity index is 0.916. The molecule has 0 saturated heterocycles. The third-order valence-electron chi connectivity index (χ3n) is 14.8. The lowest BCUT2D eigenvalue weighted by atomic mass is 9.87. The van der Waals surface area contributed by atoms with Crippen LogP contribution >= 0.6 is 11.3 Å². The van der Waals surface area contributed by atoms with E-state index >= 15 is 0 Å². The summed E-state index contributed by atoms with van der Waals surface area (Å²) in [6.45, 7) is 12.8. The lowest BCUT2D eigenvalue weighted by molar-refractivity contribution is -0.141. The molecule has 1 heterocycles. The van der Waals surface area contributed by atoms with Gasteiger partial charge in [-0.2, -0.15) is 5.10 Å². The number of anilines is 1. The van der Waals surface area contributed by atoms with Crippen LogP contribution in [0.15, 0.2) is 121 Å². The number of hydrazone groups is 1. The molecular weight excluding hydrogens is 1090 g/mol. The zero-order valence-electron chi connectivity index (χ0n) is 48.4. The highest BCUT2D eigenvalue weighted by Gasteiger charge is 2.32. The number of rotatable bonds is 33. The largest absolute Gasteiger partial charge is 0.494 e. The molecule has 2 aliphatic rings. The molecule has 84 heavy (non-hydrogen) atoms. The lowest BCUT2D eigenvalue weighted by Crippen LogP contribution is -2.30. The Morgan fingerprint density at radius 3 is 1.65 bits per heavy atom. The second-order valence-corrected chi connectivity index (χ2v) is 22.2. The molecule has 0 aliphatic heterocycles. The predicted octanol–water partition coefficient (Wildman–Crippen LogP) is 13.7. The fourth-order valence-electron chi connectivity index (χ4n) is 9.87. The third kappa shape index (κ3) is 20.5. The summed E-state index contributed by atoms with van der Waals surface area (Å²) in [5.41, 5.74) is 1.89. The second kappa shape index (κ2) is 34.0. The highest BCUT2D eigenvalue weighted by molar-refractivity contribution is 7.22. The van der Waals surface area contributed by atoms with Gasteiger partial charge < -0.3 is 37.9 Å². The Bertz CT molecular complexity index is 2950. The van der Waals surface area contributed by atoms with E-state index in [1.807, 2.05) is 29.3 Å². The number of hydrogen-bond donors (Lipinski definition) is 0. The molecule has 17 nitrogen and oxygen atoms in total. The van der Waals surface area contributed by atoms with Crippen LogP contribution in [0.2, 0.25) is 0 Å². The van der Waals surface area contributed by atoms with Gasteiger partial charge in [0.05, 0.1) is 71.9 Å². The molecular formula is C66H79N3O14S. The van der Waals surface area contributed by atoms with Crippen LogP contribution in [-0.4, -0.2) is 91.7 Å². The van der Waals surface area contributed by atoms with E-state index in [2.05, 4.69) is 27.0 Å². The molecule has 0 amide bonds. The molecule has 18 heteroatoms. The van der Waals surface area contributed by atoms with Crippen molar-refractivity contribution >= 4 is 68.7 Å². The number of fused-ring (bicyclic) bond motifs is 1. The number of hydrogen-bond acceptors (Lipinski definition) is 18. The van der Waals surface area contributed by atoms with Crippen molar-refractivity contribution in [2.45, 2.75) is 154 Å². The van der Waals surface area contributed by atoms with E-state index < -0.39 is 41.9 Å². The van der Waals surface area contributed by atoms with E-state index in [0.717, 1.165) is 93.0 Å². The van der Waals surface area contributed by atoms with Crippen LogP contribution in [0.1, 0.15) is 162 Å². The molecule has 4 aromatic carbocycles. The van der Waals surface area contributed by atoms with Gasteiger partial charge in [-0.15, -0.1) is 0 Å². The van der Waals surface area contributed by atoms with Crippen LogP contribution < -0.4 is 24.0 Å². The maximum atomic E-state index is 14.2. The summed E-state index contributed by atoms with van der Waals surface area (Å²) in [4.78, 5) is 81.7. The Hall–Kier alpha value is -7.86. The summed E-state index contributed by atoms with van der Waals surface area (Å²) in [6.07, 6.45) is 16.6. The Morgan fingerprint density at radius 2 is 1.11 bits per heavy atom. The molecule has 0 bridgehead atoms. The van der Waals surface area contributed by atoms with Crippen molar-refractivity contribution < 1.29 is 66.7 Å². The van der Waals surface area contributed by atoms with Crippen LogP contribution in [0, 0.1) is 11.8 Å². The topological polar surface area (TPSA) is 205 Å². The van der Waals surface area contributed by atoms with Gasteiger partial charge in [0.2, 0.25) is 5.13 Å². The number of carbonyl (C=O) groups excluding carboxylic acids is 6. The van der Waals surface area contributed by atoms with Gasteiger partial charge in [-0.3, -0.25) is 9.59 Å². The summed E-state index contributed by atoms with van der Waals surface area (Å²) in [6, 6.07) is 26.5. The first-order valence-corrected chi connectivity index (χ1v) is 30.4. The molecule has 2 saturated carbocycles. The van der Waals surface area contributed by atoms with Gasteiger partial charge in [0.15, 0.2) is 0 Å². The number of ether oxygens (including phenoxy) is 8. The molecule has 0 spiro atoms. The number of nitrogens with zero attached hydrogens (tertiary/aromatic N) is 3. The Kier molecular flexibility index (Phi) is 25.8. The minimum atomic E-state index is -0.567. The van der Waals surface area contributed by atoms with E-state index in [1.165, 1.54) is 11.3 Å². The SMILES string of the molecule is C=CC(=O)OCCCCCCOc1ccc(OC(=O)[C@H]2CC[C@H](OC(=O)c3ccc(OC(=O)[C@H]4CC[C@H](OC(=O)c5ccc(OCCCCCCOC(=O)C=C)cc5)CC4)cc3/C=N/N(c3nc4ccccc4s3)C(C)CCCC)CC2)cc1. The molecule has 448 valence electrons. The molecule has 0 radical (unpaired) electrons. The van der Waals surface area contributed by atoms with Gasteiger partial charge >= 0.3 is 35.8 Å². The van der Waals surface area contributed by atoms with Crippen molar-refractivity contribution in [2.24, 2.45) is 16.9 Å². The normalized spacial score (nSPS) is 17.1. The first kappa shape index (κ1) is 63.7. The third-order valence-corrected chi connectivity index (χ3v) is 15.8. The number of carbonyl (C=O) groups is 6. The Labute approximate surface area is 496 Å². The van der Waals surface area contributed by atoms with Gasteiger partial charge in [-0.05, 0) is 195 Å². The van der Waals surface area contributed by atoms with Crippen molar-refractivity contribution in [3.05, 3.63) is 133 Å². The first-order chi connectivity index (χ1) is 40.9. The van der Waals surface area contributed by atoms with Crippen molar-refractivity contribution in [3.63, 3.8) is 0 Å². The van der Waals surface area contributed by atoms with Gasteiger partial charge in [0.1, 0.15) is 35.2 Å². The number of unbranched alkanes of at least 4 members (excludes halogenated alkanes) is 7. The van der Waals surface area contributed by atoms with E-state index in [0.29, 0.717) is 111 Å². The number of aromatic nitrogens is 1. The smallest absolute Gasteiger partial charge is 0.339 e. The number of para-hydroxylation sites is 1. The first-order valence-electron chi connectivity index (χ1n) is 29.6. The summed E-state index contributed by atoms with van der Waals surface area (Å²) < 4.78 is 46.5. The van der Waals surface area contributed by atoms with Crippen molar-refractivity contribution in [1.29, 1.82) is 0 Å². The fraction of sp³-hybridized carbons (Fsp3) is 0.455. The van der Waals surface area contributed by atoms with Crippen LogP contribution in [-0.2, 0) is 38.1 Å². The zero-order valence-corrected chi connectivity index (χ0v) is 49.2. The quantitative estimate of drug-likeness (QED) is 0.00728. The van der Waals surface area contributed by atoms with Crippen molar-refractivity contribution in [3.8, 4) is 23.0 Å². The van der Waals surface area contributed by atoms with Gasteiger partial charge in [0.25, 0.3) is 0 Å². The van der Waals surface area contributed by atoms with Gasteiger partial charge in [-0.1, -0.05) is 56.4 Å². The fourth-order valence-corrected chi connectivity index (χ4v) is 10.9. The molecule has 1 aromatic heterocycles. The lowest BCUT2D eigenvalue weighted by Gasteiger charge is -2.27. The number of thiazole rings is 1. The average Bonchev–Trinajstić information content (AvgIpc) is 4.17. The molecule has 7 rings (SSSR count). The van der Waals surface area contributed by atoms with Crippen LogP contribution in [0.4, 0.5) is 5.13 Å². The number of esters is 6. The minimum absolute atomic E-state index is 0.0361. The maximum absolute atomic E-state index is 14.2. The van der Waals surface area contributed by atoms with E-state index in [4.69, 9.17) is 48.0 Å².